The lowest BCUT2D eigenvalue weighted by molar-refractivity contribution is -0.122. The molecule has 6 heteroatoms. The monoisotopic (exact) mass is 267 g/mol. The summed E-state index contributed by atoms with van der Waals surface area (Å²) in [7, 11) is 0. The fraction of sp³-hybridized carbons (Fsp3) is 0.692. The van der Waals surface area contributed by atoms with Gasteiger partial charge in [0.25, 0.3) is 0 Å². The summed E-state index contributed by atoms with van der Waals surface area (Å²) in [6.45, 7) is 4.72. The number of rotatable bonds is 6. The minimum absolute atomic E-state index is 0.0189. The third kappa shape index (κ3) is 5.00. The first-order valence-corrected chi connectivity index (χ1v) is 6.75. The van der Waals surface area contributed by atoms with E-state index in [1.165, 1.54) is 0 Å². The molecule has 19 heavy (non-hydrogen) atoms. The second-order valence-corrected chi connectivity index (χ2v) is 4.78. The zero-order valence-electron chi connectivity index (χ0n) is 11.3. The maximum atomic E-state index is 11.6. The van der Waals surface area contributed by atoms with Crippen molar-refractivity contribution in [2.45, 2.75) is 38.8 Å². The number of hydrogen-bond donors (Lipinski definition) is 2. The molecule has 6 nitrogen and oxygen atoms in total. The Labute approximate surface area is 112 Å². The van der Waals surface area contributed by atoms with E-state index in [2.05, 4.69) is 15.8 Å². The first-order valence-electron chi connectivity index (χ1n) is 6.75. The molecule has 1 aromatic rings. The Morgan fingerprint density at radius 2 is 2.37 bits per heavy atom. The van der Waals surface area contributed by atoms with Crippen LogP contribution in [0.2, 0.25) is 0 Å². The third-order valence-corrected chi connectivity index (χ3v) is 3.11. The van der Waals surface area contributed by atoms with Crippen molar-refractivity contribution in [2.24, 2.45) is 0 Å². The van der Waals surface area contributed by atoms with Crippen molar-refractivity contribution in [3.05, 3.63) is 17.5 Å². The molecule has 0 aromatic carbocycles. The molecule has 1 aliphatic heterocycles. The van der Waals surface area contributed by atoms with Crippen molar-refractivity contribution in [3.8, 4) is 0 Å². The van der Waals surface area contributed by atoms with Gasteiger partial charge in [0.1, 0.15) is 11.5 Å². The summed E-state index contributed by atoms with van der Waals surface area (Å²) in [6.07, 6.45) is 2.74. The summed E-state index contributed by atoms with van der Waals surface area (Å²) < 4.78 is 10.6. The highest BCUT2D eigenvalue weighted by Crippen LogP contribution is 2.07. The molecule has 0 bridgehead atoms. The SMILES string of the molecule is Cc1cc(CNC(=O)CCOC2CCNCC2)no1. The smallest absolute Gasteiger partial charge is 0.222 e. The van der Waals surface area contributed by atoms with Gasteiger partial charge in [0, 0.05) is 12.5 Å². The van der Waals surface area contributed by atoms with Crippen LogP contribution in [0.1, 0.15) is 30.7 Å². The van der Waals surface area contributed by atoms with Gasteiger partial charge in [-0.3, -0.25) is 4.79 Å². The molecular formula is C13H21N3O3. The fourth-order valence-corrected chi connectivity index (χ4v) is 2.06. The summed E-state index contributed by atoms with van der Waals surface area (Å²) in [6, 6.07) is 1.81. The van der Waals surface area contributed by atoms with Gasteiger partial charge in [-0.2, -0.15) is 0 Å². The van der Waals surface area contributed by atoms with Crippen LogP contribution in [0.5, 0.6) is 0 Å². The van der Waals surface area contributed by atoms with E-state index in [0.29, 0.717) is 25.7 Å². The standard InChI is InChI=1S/C13H21N3O3/c1-10-8-11(16-19-10)9-15-13(17)4-7-18-12-2-5-14-6-3-12/h8,12,14H,2-7,9H2,1H3,(H,15,17). The second kappa shape index (κ2) is 7.25. The zero-order valence-corrected chi connectivity index (χ0v) is 11.3. The van der Waals surface area contributed by atoms with Gasteiger partial charge in [-0.25, -0.2) is 0 Å². The zero-order chi connectivity index (χ0) is 13.5. The number of carbonyl (C=O) groups is 1. The first-order chi connectivity index (χ1) is 9.24. The van der Waals surface area contributed by atoms with Crippen molar-refractivity contribution in [1.82, 2.24) is 15.8 Å². The van der Waals surface area contributed by atoms with Crippen LogP contribution in [0, 0.1) is 6.92 Å². The van der Waals surface area contributed by atoms with Crippen LogP contribution in [0.3, 0.4) is 0 Å². The van der Waals surface area contributed by atoms with E-state index in [9.17, 15) is 4.79 Å². The van der Waals surface area contributed by atoms with Crippen molar-refractivity contribution in [1.29, 1.82) is 0 Å². The summed E-state index contributed by atoms with van der Waals surface area (Å²) in [4.78, 5) is 11.6. The summed E-state index contributed by atoms with van der Waals surface area (Å²) >= 11 is 0. The van der Waals surface area contributed by atoms with Crippen LogP contribution in [0.4, 0.5) is 0 Å². The Hall–Kier alpha value is -1.40. The van der Waals surface area contributed by atoms with Crippen LogP contribution in [0.25, 0.3) is 0 Å². The fourth-order valence-electron chi connectivity index (χ4n) is 2.06. The van der Waals surface area contributed by atoms with Crippen LogP contribution in [-0.4, -0.2) is 36.9 Å². The highest BCUT2D eigenvalue weighted by Gasteiger charge is 2.13. The second-order valence-electron chi connectivity index (χ2n) is 4.78. The number of ether oxygens (including phenoxy) is 1. The Morgan fingerprint density at radius 1 is 1.58 bits per heavy atom. The van der Waals surface area contributed by atoms with Crippen molar-refractivity contribution >= 4 is 5.91 Å². The van der Waals surface area contributed by atoms with Crippen LogP contribution in [0.15, 0.2) is 10.6 Å². The number of aryl methyl sites for hydroxylation is 1. The highest BCUT2D eigenvalue weighted by atomic mass is 16.5. The molecule has 0 spiro atoms. The van der Waals surface area contributed by atoms with Gasteiger partial charge in [0.05, 0.1) is 19.3 Å². The lowest BCUT2D eigenvalue weighted by Gasteiger charge is -2.22. The molecule has 106 valence electrons. The Kier molecular flexibility index (Phi) is 5.35. The van der Waals surface area contributed by atoms with Gasteiger partial charge >= 0.3 is 0 Å². The van der Waals surface area contributed by atoms with Gasteiger partial charge in [-0.05, 0) is 32.9 Å². The van der Waals surface area contributed by atoms with Crippen molar-refractivity contribution in [2.75, 3.05) is 19.7 Å². The minimum atomic E-state index is -0.0189. The van der Waals surface area contributed by atoms with Gasteiger partial charge in [-0.1, -0.05) is 5.16 Å². The van der Waals surface area contributed by atoms with E-state index in [1.54, 1.807) is 0 Å². The number of nitrogens with zero attached hydrogens (tertiary/aromatic N) is 1. The largest absolute Gasteiger partial charge is 0.378 e. The number of hydrogen-bond acceptors (Lipinski definition) is 5. The molecule has 2 rings (SSSR count). The van der Waals surface area contributed by atoms with E-state index in [0.717, 1.165) is 37.4 Å². The number of piperidine rings is 1. The molecular weight excluding hydrogens is 246 g/mol. The van der Waals surface area contributed by atoms with Crippen LogP contribution in [-0.2, 0) is 16.1 Å². The van der Waals surface area contributed by atoms with E-state index < -0.39 is 0 Å². The van der Waals surface area contributed by atoms with E-state index in [-0.39, 0.29) is 5.91 Å². The topological polar surface area (TPSA) is 76.4 Å². The third-order valence-electron chi connectivity index (χ3n) is 3.11. The number of aromatic nitrogens is 1. The number of nitrogens with one attached hydrogen (secondary N) is 2. The molecule has 0 saturated carbocycles. The maximum absolute atomic E-state index is 11.6. The Balaban J connectivity index is 1.56. The molecule has 1 aromatic heterocycles. The summed E-state index contributed by atoms with van der Waals surface area (Å²) in [5.74, 6) is 0.730. The molecule has 0 radical (unpaired) electrons. The quantitative estimate of drug-likeness (QED) is 0.795. The highest BCUT2D eigenvalue weighted by molar-refractivity contribution is 5.75. The normalized spacial score (nSPS) is 16.5. The van der Waals surface area contributed by atoms with Gasteiger partial charge in [0.15, 0.2) is 0 Å². The summed E-state index contributed by atoms with van der Waals surface area (Å²) in [5.41, 5.74) is 0.741. The molecule has 0 unspecified atom stereocenters. The van der Waals surface area contributed by atoms with E-state index in [4.69, 9.17) is 9.26 Å². The summed E-state index contributed by atoms with van der Waals surface area (Å²) in [5, 5.41) is 9.89. The molecule has 1 amide bonds. The van der Waals surface area contributed by atoms with Crippen molar-refractivity contribution < 1.29 is 14.1 Å². The van der Waals surface area contributed by atoms with E-state index >= 15 is 0 Å². The minimum Gasteiger partial charge on any atom is -0.378 e. The van der Waals surface area contributed by atoms with Gasteiger partial charge < -0.3 is 19.9 Å². The molecule has 2 heterocycles. The molecule has 0 atom stereocenters. The predicted octanol–water partition coefficient (Wildman–Crippen LogP) is 0.758. The van der Waals surface area contributed by atoms with Gasteiger partial charge in [0.2, 0.25) is 5.91 Å². The maximum Gasteiger partial charge on any atom is 0.222 e. The van der Waals surface area contributed by atoms with Crippen molar-refractivity contribution in [3.63, 3.8) is 0 Å². The van der Waals surface area contributed by atoms with Gasteiger partial charge in [-0.15, -0.1) is 0 Å². The lowest BCUT2D eigenvalue weighted by atomic mass is 10.1. The average Bonchev–Trinajstić information content (AvgIpc) is 2.83. The van der Waals surface area contributed by atoms with E-state index in [1.807, 2.05) is 13.0 Å². The van der Waals surface area contributed by atoms with Crippen LogP contribution >= 0.6 is 0 Å². The van der Waals surface area contributed by atoms with Crippen LogP contribution < -0.4 is 10.6 Å². The molecule has 1 saturated heterocycles. The first kappa shape index (κ1) is 14.0. The predicted molar refractivity (Wildman–Crippen MR) is 69.5 cm³/mol. The Morgan fingerprint density at radius 3 is 3.05 bits per heavy atom. The number of carbonyl (C=O) groups excluding carboxylic acids is 1. The lowest BCUT2D eigenvalue weighted by Crippen LogP contribution is -2.33. The molecule has 1 aliphatic rings. The molecule has 1 fully saturated rings. The average molecular weight is 267 g/mol. The number of amides is 1. The molecule has 2 N–H and O–H groups in total. The molecule has 0 aliphatic carbocycles. The Bertz CT molecular complexity index is 400.